The van der Waals surface area contributed by atoms with Gasteiger partial charge in [-0.1, -0.05) is 6.42 Å². The minimum Gasteiger partial charge on any atom is -0.497 e. The van der Waals surface area contributed by atoms with Crippen molar-refractivity contribution >= 4 is 17.5 Å². The molecule has 0 radical (unpaired) electrons. The Morgan fingerprint density at radius 1 is 1.09 bits per heavy atom. The van der Waals surface area contributed by atoms with Crippen LogP contribution in [0.15, 0.2) is 24.3 Å². The van der Waals surface area contributed by atoms with Crippen LogP contribution in [0.3, 0.4) is 0 Å². The van der Waals surface area contributed by atoms with E-state index in [1.807, 2.05) is 0 Å². The molecular formula is C17H23N2O3+. The standard InChI is InChI=1S/C17H22N2O3/c1-22-14-9-7-13(8-10-14)19-16(20)11-15(17(19)21)18-12-5-3-2-4-6-12/h7-10,12,15,18H,2-6,11H2,1H3/p+1. The van der Waals surface area contributed by atoms with Crippen molar-refractivity contribution in [3.63, 3.8) is 0 Å². The molecule has 2 aliphatic rings. The van der Waals surface area contributed by atoms with Gasteiger partial charge in [0.1, 0.15) is 5.75 Å². The van der Waals surface area contributed by atoms with Crippen LogP contribution in [0.1, 0.15) is 38.5 Å². The van der Waals surface area contributed by atoms with Gasteiger partial charge in [-0.25, -0.2) is 4.90 Å². The molecule has 0 bridgehead atoms. The van der Waals surface area contributed by atoms with Gasteiger partial charge in [-0.2, -0.15) is 0 Å². The van der Waals surface area contributed by atoms with E-state index in [1.165, 1.54) is 24.2 Å². The van der Waals surface area contributed by atoms with Crippen LogP contribution in [-0.2, 0) is 9.59 Å². The average molecular weight is 303 g/mol. The van der Waals surface area contributed by atoms with Gasteiger partial charge in [-0.15, -0.1) is 0 Å². The fourth-order valence-electron chi connectivity index (χ4n) is 3.46. The van der Waals surface area contributed by atoms with Crippen LogP contribution in [0.25, 0.3) is 0 Å². The molecule has 5 heteroatoms. The van der Waals surface area contributed by atoms with Crippen molar-refractivity contribution in [3.05, 3.63) is 24.3 Å². The maximum Gasteiger partial charge on any atom is 0.292 e. The molecule has 1 unspecified atom stereocenters. The molecule has 2 fully saturated rings. The second-order valence-electron chi connectivity index (χ2n) is 6.17. The lowest BCUT2D eigenvalue weighted by Crippen LogP contribution is -2.96. The van der Waals surface area contributed by atoms with Crippen LogP contribution in [-0.4, -0.2) is 31.0 Å². The van der Waals surface area contributed by atoms with E-state index in [1.54, 1.807) is 31.4 Å². The van der Waals surface area contributed by atoms with Gasteiger partial charge in [0.05, 0.1) is 25.3 Å². The molecule has 3 rings (SSSR count). The third-order valence-electron chi connectivity index (χ3n) is 4.67. The summed E-state index contributed by atoms with van der Waals surface area (Å²) in [4.78, 5) is 26.2. The van der Waals surface area contributed by atoms with E-state index in [-0.39, 0.29) is 17.9 Å². The predicted octanol–water partition coefficient (Wildman–Crippen LogP) is 1.22. The molecule has 1 aliphatic heterocycles. The summed E-state index contributed by atoms with van der Waals surface area (Å²) in [6.07, 6.45) is 6.37. The number of anilines is 1. The molecule has 1 saturated heterocycles. The van der Waals surface area contributed by atoms with E-state index in [0.717, 1.165) is 12.8 Å². The fourth-order valence-corrected chi connectivity index (χ4v) is 3.46. The Labute approximate surface area is 130 Å². The second-order valence-corrected chi connectivity index (χ2v) is 6.17. The van der Waals surface area contributed by atoms with Crippen LogP contribution in [0.5, 0.6) is 5.75 Å². The van der Waals surface area contributed by atoms with E-state index in [4.69, 9.17) is 4.74 Å². The zero-order valence-corrected chi connectivity index (χ0v) is 13.0. The number of quaternary nitrogens is 1. The number of carbonyl (C=O) groups is 2. The first-order valence-corrected chi connectivity index (χ1v) is 8.05. The first kappa shape index (κ1) is 15.0. The summed E-state index contributed by atoms with van der Waals surface area (Å²) in [5.41, 5.74) is 0.635. The lowest BCUT2D eigenvalue weighted by molar-refractivity contribution is -0.710. The highest BCUT2D eigenvalue weighted by Gasteiger charge is 2.43. The minimum atomic E-state index is -0.252. The van der Waals surface area contributed by atoms with Gasteiger partial charge in [0.25, 0.3) is 5.91 Å². The van der Waals surface area contributed by atoms with Crippen molar-refractivity contribution in [1.82, 2.24) is 0 Å². The average Bonchev–Trinajstić information content (AvgIpc) is 2.82. The van der Waals surface area contributed by atoms with E-state index >= 15 is 0 Å². The number of methoxy groups -OCH3 is 1. The Morgan fingerprint density at radius 2 is 1.77 bits per heavy atom. The number of nitrogens with two attached hydrogens (primary N) is 1. The number of nitrogens with zero attached hydrogens (tertiary/aromatic N) is 1. The maximum absolute atomic E-state index is 12.6. The Bertz CT molecular complexity index is 550. The SMILES string of the molecule is COc1ccc(N2C(=O)CC([NH2+]C3CCCCC3)C2=O)cc1. The minimum absolute atomic E-state index is 0.0826. The van der Waals surface area contributed by atoms with E-state index < -0.39 is 0 Å². The van der Waals surface area contributed by atoms with Crippen molar-refractivity contribution < 1.29 is 19.6 Å². The lowest BCUT2D eigenvalue weighted by atomic mass is 9.95. The summed E-state index contributed by atoms with van der Waals surface area (Å²) in [6, 6.07) is 7.31. The summed E-state index contributed by atoms with van der Waals surface area (Å²) < 4.78 is 5.11. The van der Waals surface area contributed by atoms with Crippen molar-refractivity contribution in [2.24, 2.45) is 0 Å². The molecule has 0 aromatic heterocycles. The molecular weight excluding hydrogens is 280 g/mol. The number of benzene rings is 1. The molecule has 2 amide bonds. The summed E-state index contributed by atoms with van der Waals surface area (Å²) in [5, 5.41) is 2.13. The van der Waals surface area contributed by atoms with E-state index in [0.29, 0.717) is 23.9 Å². The quantitative estimate of drug-likeness (QED) is 0.851. The van der Waals surface area contributed by atoms with Crippen LogP contribution < -0.4 is 15.0 Å². The number of hydrogen-bond acceptors (Lipinski definition) is 3. The van der Waals surface area contributed by atoms with Crippen LogP contribution in [0.2, 0.25) is 0 Å². The summed E-state index contributed by atoms with van der Waals surface area (Å²) in [7, 11) is 1.59. The van der Waals surface area contributed by atoms with Crippen LogP contribution >= 0.6 is 0 Å². The zero-order chi connectivity index (χ0) is 15.5. The largest absolute Gasteiger partial charge is 0.497 e. The monoisotopic (exact) mass is 303 g/mol. The molecule has 2 N–H and O–H groups in total. The predicted molar refractivity (Wildman–Crippen MR) is 82.7 cm³/mol. The van der Waals surface area contributed by atoms with Gasteiger partial charge < -0.3 is 10.1 Å². The Kier molecular flexibility index (Phi) is 4.43. The van der Waals surface area contributed by atoms with Crippen molar-refractivity contribution in [2.75, 3.05) is 12.0 Å². The van der Waals surface area contributed by atoms with Crippen LogP contribution in [0.4, 0.5) is 5.69 Å². The first-order valence-electron chi connectivity index (χ1n) is 8.05. The molecule has 0 spiro atoms. The summed E-state index contributed by atoms with van der Waals surface area (Å²) in [6.45, 7) is 0. The van der Waals surface area contributed by atoms with E-state index in [9.17, 15) is 9.59 Å². The smallest absolute Gasteiger partial charge is 0.292 e. The van der Waals surface area contributed by atoms with E-state index in [2.05, 4.69) is 5.32 Å². The van der Waals surface area contributed by atoms with Crippen molar-refractivity contribution in [1.29, 1.82) is 0 Å². The number of hydrogen-bond donors (Lipinski definition) is 1. The summed E-state index contributed by atoms with van der Waals surface area (Å²) in [5.74, 6) is 0.529. The number of rotatable bonds is 4. The van der Waals surface area contributed by atoms with Gasteiger partial charge in [-0.05, 0) is 49.9 Å². The Balaban J connectivity index is 1.70. The zero-order valence-electron chi connectivity index (χ0n) is 13.0. The van der Waals surface area contributed by atoms with Gasteiger partial charge in [0.15, 0.2) is 6.04 Å². The molecule has 1 aromatic rings. The lowest BCUT2D eigenvalue weighted by Gasteiger charge is -2.22. The molecule has 22 heavy (non-hydrogen) atoms. The second kappa shape index (κ2) is 6.48. The van der Waals surface area contributed by atoms with Gasteiger partial charge in [0.2, 0.25) is 5.91 Å². The number of imide groups is 1. The highest BCUT2D eigenvalue weighted by atomic mass is 16.5. The third kappa shape index (κ3) is 2.99. The topological polar surface area (TPSA) is 63.2 Å². The van der Waals surface area contributed by atoms with Crippen molar-refractivity contribution in [3.8, 4) is 5.75 Å². The molecule has 5 nitrogen and oxygen atoms in total. The first-order chi connectivity index (χ1) is 10.7. The number of ether oxygens (including phenoxy) is 1. The van der Waals surface area contributed by atoms with Gasteiger partial charge in [0, 0.05) is 0 Å². The Morgan fingerprint density at radius 3 is 2.41 bits per heavy atom. The molecule has 1 aromatic carbocycles. The van der Waals surface area contributed by atoms with Gasteiger partial charge >= 0.3 is 0 Å². The van der Waals surface area contributed by atoms with Gasteiger partial charge in [-0.3, -0.25) is 9.59 Å². The molecule has 1 aliphatic carbocycles. The Hall–Kier alpha value is -1.88. The molecule has 1 atom stereocenters. The third-order valence-corrected chi connectivity index (χ3v) is 4.67. The molecule has 1 saturated carbocycles. The normalized spacial score (nSPS) is 23.1. The highest BCUT2D eigenvalue weighted by Crippen LogP contribution is 2.24. The highest BCUT2D eigenvalue weighted by molar-refractivity contribution is 6.21. The van der Waals surface area contributed by atoms with Crippen molar-refractivity contribution in [2.45, 2.75) is 50.6 Å². The fraction of sp³-hybridized carbons (Fsp3) is 0.529. The van der Waals surface area contributed by atoms with Crippen LogP contribution in [0, 0.1) is 0 Å². The number of amides is 2. The molecule has 1 heterocycles. The maximum atomic E-state index is 12.6. The summed E-state index contributed by atoms with van der Waals surface area (Å²) >= 11 is 0. The molecule has 118 valence electrons. The number of carbonyl (C=O) groups excluding carboxylic acids is 2.